The van der Waals surface area contributed by atoms with Crippen molar-refractivity contribution >= 4 is 0 Å². The molecule has 94 valence electrons. The van der Waals surface area contributed by atoms with Gasteiger partial charge in [0.2, 0.25) is 0 Å². The molecule has 0 amide bonds. The number of hydrogen-bond acceptors (Lipinski definition) is 5. The lowest BCUT2D eigenvalue weighted by atomic mass is 9.98. The van der Waals surface area contributed by atoms with Crippen LogP contribution < -0.4 is 25.1 Å². The van der Waals surface area contributed by atoms with Crippen LogP contribution >= 0.6 is 0 Å². The molecule has 1 heterocycles. The van der Waals surface area contributed by atoms with Gasteiger partial charge in [-0.3, -0.25) is 10.9 Å². The number of ether oxygens (including phenoxy) is 3. The average molecular weight is 238 g/mol. The molecule has 0 aromatic heterocycles. The number of nitrogens with one attached hydrogen (secondary N) is 2. The Morgan fingerprint density at radius 1 is 0.882 bits per heavy atom. The summed E-state index contributed by atoms with van der Waals surface area (Å²) in [4.78, 5) is 0. The van der Waals surface area contributed by atoms with Crippen molar-refractivity contribution in [2.45, 2.75) is 5.92 Å². The maximum atomic E-state index is 5.41. The second-order valence-corrected chi connectivity index (χ2v) is 3.91. The molecule has 0 saturated carbocycles. The molecule has 0 unspecified atom stereocenters. The van der Waals surface area contributed by atoms with Gasteiger partial charge in [0.15, 0.2) is 11.5 Å². The first kappa shape index (κ1) is 12.0. The summed E-state index contributed by atoms with van der Waals surface area (Å²) in [6.45, 7) is 1.76. The highest BCUT2D eigenvalue weighted by molar-refractivity contribution is 5.52. The van der Waals surface area contributed by atoms with Crippen LogP contribution in [0.3, 0.4) is 0 Å². The number of hydrogen-bond donors (Lipinski definition) is 2. The van der Waals surface area contributed by atoms with Crippen LogP contribution in [0, 0.1) is 0 Å². The van der Waals surface area contributed by atoms with Crippen molar-refractivity contribution in [1.29, 1.82) is 0 Å². The van der Waals surface area contributed by atoms with Crippen LogP contribution in [0.5, 0.6) is 17.2 Å². The van der Waals surface area contributed by atoms with E-state index in [1.165, 1.54) is 0 Å². The van der Waals surface area contributed by atoms with Gasteiger partial charge >= 0.3 is 0 Å². The highest BCUT2D eigenvalue weighted by Crippen LogP contribution is 2.38. The van der Waals surface area contributed by atoms with Crippen molar-refractivity contribution in [3.8, 4) is 17.2 Å². The summed E-state index contributed by atoms with van der Waals surface area (Å²) >= 11 is 0. The molecule has 0 aliphatic carbocycles. The molecule has 2 rings (SSSR count). The van der Waals surface area contributed by atoms with Gasteiger partial charge in [0.05, 0.1) is 21.3 Å². The van der Waals surface area contributed by atoms with Crippen LogP contribution in [0.25, 0.3) is 0 Å². The Kier molecular flexibility index (Phi) is 3.71. The number of methoxy groups -OCH3 is 3. The minimum atomic E-state index is 0.379. The first-order valence-corrected chi connectivity index (χ1v) is 5.55. The third-order valence-electron chi connectivity index (χ3n) is 3.00. The normalized spacial score (nSPS) is 15.9. The van der Waals surface area contributed by atoms with Crippen LogP contribution in [0.1, 0.15) is 11.5 Å². The van der Waals surface area contributed by atoms with E-state index in [0.717, 1.165) is 30.2 Å². The zero-order valence-corrected chi connectivity index (χ0v) is 10.4. The smallest absolute Gasteiger partial charge is 0.164 e. The van der Waals surface area contributed by atoms with Gasteiger partial charge in [-0.25, -0.2) is 0 Å². The largest absolute Gasteiger partial charge is 0.496 e. The minimum Gasteiger partial charge on any atom is -0.496 e. The van der Waals surface area contributed by atoms with Gasteiger partial charge in [-0.1, -0.05) is 0 Å². The Morgan fingerprint density at radius 3 is 1.94 bits per heavy atom. The molecular formula is C12H18N2O3. The van der Waals surface area contributed by atoms with E-state index in [4.69, 9.17) is 14.2 Å². The summed E-state index contributed by atoms with van der Waals surface area (Å²) < 4.78 is 16.0. The van der Waals surface area contributed by atoms with Crippen LogP contribution in [0.2, 0.25) is 0 Å². The molecular weight excluding hydrogens is 220 g/mol. The van der Waals surface area contributed by atoms with Gasteiger partial charge in [0, 0.05) is 30.6 Å². The fourth-order valence-electron chi connectivity index (χ4n) is 2.05. The average Bonchev–Trinajstić information content (AvgIpc) is 2.90. The minimum absolute atomic E-state index is 0.379. The summed E-state index contributed by atoms with van der Waals surface area (Å²) in [5.41, 5.74) is 7.35. The Hall–Kier alpha value is -1.46. The van der Waals surface area contributed by atoms with Gasteiger partial charge in [-0.2, -0.15) is 0 Å². The fourth-order valence-corrected chi connectivity index (χ4v) is 2.05. The van der Waals surface area contributed by atoms with E-state index in [0.29, 0.717) is 11.7 Å². The van der Waals surface area contributed by atoms with Crippen molar-refractivity contribution in [3.05, 3.63) is 17.7 Å². The van der Waals surface area contributed by atoms with E-state index in [9.17, 15) is 0 Å². The van der Waals surface area contributed by atoms with Crippen molar-refractivity contribution in [2.75, 3.05) is 34.4 Å². The van der Waals surface area contributed by atoms with E-state index < -0.39 is 0 Å². The third-order valence-corrected chi connectivity index (χ3v) is 3.00. The molecule has 1 aromatic rings. The van der Waals surface area contributed by atoms with E-state index in [1.807, 2.05) is 12.1 Å². The van der Waals surface area contributed by atoms with E-state index in [1.54, 1.807) is 21.3 Å². The first-order chi connectivity index (χ1) is 8.30. The highest BCUT2D eigenvalue weighted by atomic mass is 16.5. The Morgan fingerprint density at radius 2 is 1.41 bits per heavy atom. The second kappa shape index (κ2) is 5.25. The van der Waals surface area contributed by atoms with Crippen molar-refractivity contribution < 1.29 is 14.2 Å². The molecule has 1 aliphatic rings. The molecule has 2 N–H and O–H groups in total. The van der Waals surface area contributed by atoms with Gasteiger partial charge in [-0.05, 0) is 6.07 Å². The zero-order valence-electron chi connectivity index (χ0n) is 10.4. The number of rotatable bonds is 4. The number of benzene rings is 1. The predicted octanol–water partition coefficient (Wildman–Crippen LogP) is 0.904. The molecule has 0 radical (unpaired) electrons. The summed E-state index contributed by atoms with van der Waals surface area (Å²) in [6.07, 6.45) is 0. The topological polar surface area (TPSA) is 51.8 Å². The van der Waals surface area contributed by atoms with Crippen molar-refractivity contribution in [1.82, 2.24) is 10.9 Å². The molecule has 5 nitrogen and oxygen atoms in total. The Balaban J connectivity index is 2.41. The van der Waals surface area contributed by atoms with Crippen LogP contribution in [0.15, 0.2) is 12.1 Å². The summed E-state index contributed by atoms with van der Waals surface area (Å²) in [5, 5.41) is 0. The maximum absolute atomic E-state index is 5.41. The Bertz CT molecular complexity index is 390. The zero-order chi connectivity index (χ0) is 12.3. The molecule has 0 spiro atoms. The molecule has 1 aliphatic heterocycles. The van der Waals surface area contributed by atoms with Crippen LogP contribution in [-0.2, 0) is 0 Å². The van der Waals surface area contributed by atoms with E-state index >= 15 is 0 Å². The highest BCUT2D eigenvalue weighted by Gasteiger charge is 2.22. The third kappa shape index (κ3) is 2.30. The molecule has 5 heteroatoms. The lowest BCUT2D eigenvalue weighted by molar-refractivity contribution is 0.347. The fraction of sp³-hybridized carbons (Fsp3) is 0.500. The molecule has 17 heavy (non-hydrogen) atoms. The summed E-state index contributed by atoms with van der Waals surface area (Å²) in [7, 11) is 4.93. The number of hydrazine groups is 1. The van der Waals surface area contributed by atoms with Gasteiger partial charge < -0.3 is 14.2 Å². The van der Waals surface area contributed by atoms with Gasteiger partial charge in [0.1, 0.15) is 5.75 Å². The second-order valence-electron chi connectivity index (χ2n) is 3.91. The Labute approximate surface area is 101 Å². The van der Waals surface area contributed by atoms with Gasteiger partial charge in [-0.15, -0.1) is 0 Å². The van der Waals surface area contributed by atoms with Crippen molar-refractivity contribution in [3.63, 3.8) is 0 Å². The molecule has 0 bridgehead atoms. The van der Waals surface area contributed by atoms with Crippen molar-refractivity contribution in [2.24, 2.45) is 0 Å². The summed E-state index contributed by atoms with van der Waals surface area (Å²) in [6, 6.07) is 3.85. The van der Waals surface area contributed by atoms with Crippen LogP contribution in [0.4, 0.5) is 0 Å². The first-order valence-electron chi connectivity index (χ1n) is 5.55. The standard InChI is InChI=1S/C12H18N2O3/c1-15-10-5-12(17-3)11(16-2)4-9(10)8-6-13-14-7-8/h4-5,8,13-14H,6-7H2,1-3H3. The van der Waals surface area contributed by atoms with Crippen LogP contribution in [-0.4, -0.2) is 34.4 Å². The quantitative estimate of drug-likeness (QED) is 0.816. The van der Waals surface area contributed by atoms with E-state index in [-0.39, 0.29) is 0 Å². The van der Waals surface area contributed by atoms with E-state index in [2.05, 4.69) is 10.9 Å². The lowest BCUT2D eigenvalue weighted by Crippen LogP contribution is -2.21. The van der Waals surface area contributed by atoms with Gasteiger partial charge in [0.25, 0.3) is 0 Å². The molecule has 1 saturated heterocycles. The molecule has 1 aromatic carbocycles. The monoisotopic (exact) mass is 238 g/mol. The maximum Gasteiger partial charge on any atom is 0.164 e. The molecule has 0 atom stereocenters. The molecule has 1 fully saturated rings. The SMILES string of the molecule is COc1cc(OC)c(C2CNNC2)cc1OC. The lowest BCUT2D eigenvalue weighted by Gasteiger charge is -2.17. The predicted molar refractivity (Wildman–Crippen MR) is 64.8 cm³/mol. The summed E-state index contributed by atoms with van der Waals surface area (Å²) in [5.74, 6) is 2.63.